The molecule has 3 nitrogen and oxygen atoms in total. The van der Waals surface area contributed by atoms with E-state index in [1.807, 2.05) is 18.2 Å². The van der Waals surface area contributed by atoms with Gasteiger partial charge in [0.15, 0.2) is 0 Å². The van der Waals surface area contributed by atoms with Crippen molar-refractivity contribution in [1.29, 1.82) is 0 Å². The number of anilines is 1. The van der Waals surface area contributed by atoms with E-state index in [0.29, 0.717) is 0 Å². The molecule has 2 unspecified atom stereocenters. The molecule has 0 N–H and O–H groups in total. The van der Waals surface area contributed by atoms with E-state index in [1.54, 1.807) is 12.2 Å². The number of para-hydroxylation sites is 1. The number of hydrogen-bond donors (Lipinski definition) is 0. The molecule has 21 heavy (non-hydrogen) atoms. The summed E-state index contributed by atoms with van der Waals surface area (Å²) in [5.74, 6) is 0. The van der Waals surface area contributed by atoms with Crippen molar-refractivity contribution in [3.8, 4) is 0 Å². The van der Waals surface area contributed by atoms with E-state index in [0.717, 1.165) is 23.1 Å². The van der Waals surface area contributed by atoms with Gasteiger partial charge in [0.1, 0.15) is 12.3 Å². The first-order valence-electron chi connectivity index (χ1n) is 7.08. The Kier molecular flexibility index (Phi) is 3.30. The van der Waals surface area contributed by atoms with Gasteiger partial charge in [-0.15, -0.1) is 0 Å². The molecule has 0 fully saturated rings. The second-order valence-electron chi connectivity index (χ2n) is 5.67. The highest BCUT2D eigenvalue weighted by Gasteiger charge is 2.49. The van der Waals surface area contributed by atoms with Crippen LogP contribution in [0, 0.1) is 6.92 Å². The molecule has 0 aromatic heterocycles. The van der Waals surface area contributed by atoms with Crippen LogP contribution in [-0.4, -0.2) is 19.4 Å². The van der Waals surface area contributed by atoms with E-state index in [4.69, 9.17) is 4.84 Å². The van der Waals surface area contributed by atoms with E-state index >= 15 is 0 Å². The zero-order valence-electron chi connectivity index (χ0n) is 12.5. The molecule has 0 amide bonds. The molecule has 1 aliphatic heterocycles. The molecule has 0 aliphatic carbocycles. The molecular formula is C18H19NO2. The normalized spacial score (nSPS) is 24.0. The number of hydrogen-bond acceptors (Lipinski definition) is 3. The van der Waals surface area contributed by atoms with Crippen LogP contribution >= 0.6 is 0 Å². The van der Waals surface area contributed by atoms with Gasteiger partial charge < -0.3 is 4.79 Å². The first-order chi connectivity index (χ1) is 10.1. The van der Waals surface area contributed by atoms with Gasteiger partial charge in [0.2, 0.25) is 0 Å². The van der Waals surface area contributed by atoms with Crippen molar-refractivity contribution in [3.63, 3.8) is 0 Å². The Morgan fingerprint density at radius 2 is 1.81 bits per heavy atom. The van der Waals surface area contributed by atoms with Gasteiger partial charge in [-0.3, -0.25) is 4.84 Å². The molecule has 3 heteroatoms. The number of fused-ring (bicyclic) bond motifs is 1. The molecule has 0 radical (unpaired) electrons. The number of aldehydes is 1. The quantitative estimate of drug-likeness (QED) is 0.809. The molecule has 0 spiro atoms. The third kappa shape index (κ3) is 1.88. The number of carbonyl (C=O) groups is 1. The number of hydroxylamine groups is 1. The first-order valence-corrected chi connectivity index (χ1v) is 7.08. The smallest absolute Gasteiger partial charge is 0.146 e. The molecule has 1 heterocycles. The lowest BCUT2D eigenvalue weighted by atomic mass is 9.73. The number of rotatable bonds is 3. The number of aryl methyl sites for hydroxylation is 1. The highest BCUT2D eigenvalue weighted by molar-refractivity contribution is 5.79. The summed E-state index contributed by atoms with van der Waals surface area (Å²) in [5.41, 5.74) is 3.99. The van der Waals surface area contributed by atoms with Gasteiger partial charge in [0.05, 0.1) is 12.8 Å². The SMILES string of the molecule is CON1c2ccccc2C(C)(c2ccc(C)cc2)C1C=O. The summed E-state index contributed by atoms with van der Waals surface area (Å²) in [6, 6.07) is 16.0. The molecular weight excluding hydrogens is 262 g/mol. The van der Waals surface area contributed by atoms with Gasteiger partial charge in [-0.2, -0.15) is 0 Å². The molecule has 2 aromatic carbocycles. The van der Waals surface area contributed by atoms with Crippen LogP contribution in [0.4, 0.5) is 5.69 Å². The van der Waals surface area contributed by atoms with E-state index in [2.05, 4.69) is 44.2 Å². The fraction of sp³-hybridized carbons (Fsp3) is 0.278. The Morgan fingerprint density at radius 3 is 2.43 bits per heavy atom. The molecule has 1 aliphatic rings. The molecule has 2 aromatic rings. The van der Waals surface area contributed by atoms with Crippen LogP contribution in [0.15, 0.2) is 48.5 Å². The predicted molar refractivity (Wildman–Crippen MR) is 83.4 cm³/mol. The predicted octanol–water partition coefficient (Wildman–Crippen LogP) is 3.25. The third-order valence-electron chi connectivity index (χ3n) is 4.52. The Balaban J connectivity index is 2.23. The van der Waals surface area contributed by atoms with E-state index in [-0.39, 0.29) is 6.04 Å². The minimum Gasteiger partial charge on any atom is -0.301 e. The maximum absolute atomic E-state index is 11.8. The minimum atomic E-state index is -0.415. The lowest BCUT2D eigenvalue weighted by molar-refractivity contribution is -0.111. The van der Waals surface area contributed by atoms with Crippen LogP contribution in [0.25, 0.3) is 0 Å². The summed E-state index contributed by atoms with van der Waals surface area (Å²) in [7, 11) is 1.61. The summed E-state index contributed by atoms with van der Waals surface area (Å²) < 4.78 is 0. The van der Waals surface area contributed by atoms with Crippen LogP contribution in [0.5, 0.6) is 0 Å². The lowest BCUT2D eigenvalue weighted by Gasteiger charge is -2.32. The van der Waals surface area contributed by atoms with Crippen LogP contribution < -0.4 is 5.06 Å². The van der Waals surface area contributed by atoms with E-state index < -0.39 is 5.41 Å². The largest absolute Gasteiger partial charge is 0.301 e. The van der Waals surface area contributed by atoms with Crippen LogP contribution in [-0.2, 0) is 15.0 Å². The Morgan fingerprint density at radius 1 is 1.14 bits per heavy atom. The first kappa shape index (κ1) is 13.8. The van der Waals surface area contributed by atoms with Crippen LogP contribution in [0.3, 0.4) is 0 Å². The van der Waals surface area contributed by atoms with Crippen molar-refractivity contribution in [2.45, 2.75) is 25.3 Å². The fourth-order valence-electron chi connectivity index (χ4n) is 3.28. The van der Waals surface area contributed by atoms with Gasteiger partial charge in [0.25, 0.3) is 0 Å². The average molecular weight is 281 g/mol. The Labute approximate surface area is 125 Å². The summed E-state index contributed by atoms with van der Waals surface area (Å²) in [5, 5.41) is 1.71. The van der Waals surface area contributed by atoms with Crippen molar-refractivity contribution in [2.24, 2.45) is 0 Å². The van der Waals surface area contributed by atoms with Gasteiger partial charge in [-0.1, -0.05) is 48.0 Å². The van der Waals surface area contributed by atoms with Gasteiger partial charge in [-0.25, -0.2) is 5.06 Å². The monoisotopic (exact) mass is 281 g/mol. The fourth-order valence-corrected chi connectivity index (χ4v) is 3.28. The zero-order valence-corrected chi connectivity index (χ0v) is 12.5. The second kappa shape index (κ2) is 5.01. The summed E-state index contributed by atoms with van der Waals surface area (Å²) >= 11 is 0. The van der Waals surface area contributed by atoms with Gasteiger partial charge >= 0.3 is 0 Å². The molecule has 108 valence electrons. The summed E-state index contributed by atoms with van der Waals surface area (Å²) in [4.78, 5) is 17.3. The molecule has 0 bridgehead atoms. The van der Waals surface area contributed by atoms with Gasteiger partial charge in [-0.05, 0) is 31.0 Å². The van der Waals surface area contributed by atoms with Crippen LogP contribution in [0.1, 0.15) is 23.6 Å². The van der Waals surface area contributed by atoms with Gasteiger partial charge in [0, 0.05) is 5.41 Å². The second-order valence-corrected chi connectivity index (χ2v) is 5.67. The average Bonchev–Trinajstić information content (AvgIpc) is 2.77. The molecule has 2 atom stereocenters. The zero-order chi connectivity index (χ0) is 15.0. The van der Waals surface area contributed by atoms with Crippen molar-refractivity contribution < 1.29 is 9.63 Å². The minimum absolute atomic E-state index is 0.373. The van der Waals surface area contributed by atoms with Crippen molar-refractivity contribution in [1.82, 2.24) is 0 Å². The van der Waals surface area contributed by atoms with Crippen molar-refractivity contribution >= 4 is 12.0 Å². The van der Waals surface area contributed by atoms with Crippen molar-refractivity contribution in [2.75, 3.05) is 12.2 Å². The molecule has 3 rings (SSSR count). The molecule has 0 saturated heterocycles. The lowest BCUT2D eigenvalue weighted by Crippen LogP contribution is -2.44. The highest BCUT2D eigenvalue weighted by Crippen LogP contribution is 2.48. The number of benzene rings is 2. The number of carbonyl (C=O) groups excluding carboxylic acids is 1. The Hall–Kier alpha value is -2.13. The van der Waals surface area contributed by atoms with E-state index in [1.165, 1.54) is 5.56 Å². The number of nitrogens with zero attached hydrogens (tertiary/aromatic N) is 1. The highest BCUT2D eigenvalue weighted by atomic mass is 16.7. The van der Waals surface area contributed by atoms with E-state index in [9.17, 15) is 4.79 Å². The maximum atomic E-state index is 11.8. The molecule has 0 saturated carbocycles. The summed E-state index contributed by atoms with van der Waals surface area (Å²) in [6.07, 6.45) is 0.976. The maximum Gasteiger partial charge on any atom is 0.146 e. The summed E-state index contributed by atoms with van der Waals surface area (Å²) in [6.45, 7) is 4.17. The topological polar surface area (TPSA) is 29.5 Å². The van der Waals surface area contributed by atoms with Crippen LogP contribution in [0.2, 0.25) is 0 Å². The van der Waals surface area contributed by atoms with Crippen molar-refractivity contribution in [3.05, 3.63) is 65.2 Å². The standard InChI is InChI=1S/C18H19NO2/c1-13-8-10-14(11-9-13)18(2)15-6-4-5-7-16(15)19(21-3)17(18)12-20/h4-12,17H,1-3H3. The third-order valence-corrected chi connectivity index (χ3v) is 4.52. The Bertz CT molecular complexity index is 665.